The molecule has 0 spiro atoms. The number of H-pyrrole nitrogens is 1. The van der Waals surface area contributed by atoms with Gasteiger partial charge in [0.25, 0.3) is 0 Å². The molecule has 0 radical (unpaired) electrons. The fourth-order valence-corrected chi connectivity index (χ4v) is 3.28. The number of fused-ring (bicyclic) bond motifs is 1. The van der Waals surface area contributed by atoms with Gasteiger partial charge in [0.15, 0.2) is 0 Å². The molecule has 0 aliphatic carbocycles. The molecular formula is C17H18N4O2. The molecule has 1 aromatic carbocycles. The van der Waals surface area contributed by atoms with E-state index in [0.717, 1.165) is 11.9 Å². The number of aromatic amines is 1. The number of nitrogens with zero attached hydrogens (tertiary/aromatic N) is 1. The summed E-state index contributed by atoms with van der Waals surface area (Å²) < 4.78 is 0. The molecule has 3 N–H and O–H groups in total. The summed E-state index contributed by atoms with van der Waals surface area (Å²) in [6.45, 7) is 1.63. The molecule has 4 rings (SSSR count). The second-order valence-corrected chi connectivity index (χ2v) is 5.92. The number of hydrogen-bond donors (Lipinski definition) is 3. The molecule has 2 aliphatic heterocycles. The monoisotopic (exact) mass is 310 g/mol. The highest BCUT2D eigenvalue weighted by Gasteiger charge is 2.31. The van der Waals surface area contributed by atoms with Crippen LogP contribution in [-0.4, -0.2) is 47.5 Å². The first kappa shape index (κ1) is 13.9. The largest absolute Gasteiger partial charge is 0.361 e. The smallest absolute Gasteiger partial charge is 0.315 e. The molecule has 6 heteroatoms. The number of aromatic nitrogens is 1. The van der Waals surface area contributed by atoms with E-state index in [9.17, 15) is 9.59 Å². The van der Waals surface area contributed by atoms with Gasteiger partial charge in [-0.25, -0.2) is 4.79 Å². The molecule has 2 aliphatic rings. The van der Waals surface area contributed by atoms with E-state index in [0.29, 0.717) is 19.6 Å². The topological polar surface area (TPSA) is 77.2 Å². The van der Waals surface area contributed by atoms with Crippen LogP contribution in [-0.2, 0) is 4.79 Å². The molecule has 1 atom stereocenters. The van der Waals surface area contributed by atoms with Gasteiger partial charge in [0.1, 0.15) is 6.04 Å². The number of urea groups is 1. The predicted octanol–water partition coefficient (Wildman–Crippen LogP) is 1.46. The number of hydrogen-bond acceptors (Lipinski definition) is 2. The van der Waals surface area contributed by atoms with E-state index in [1.807, 2.05) is 18.3 Å². The van der Waals surface area contributed by atoms with Crippen molar-refractivity contribution in [2.45, 2.75) is 12.5 Å². The van der Waals surface area contributed by atoms with E-state index in [-0.39, 0.29) is 11.9 Å². The molecule has 0 unspecified atom stereocenters. The lowest BCUT2D eigenvalue weighted by Gasteiger charge is -2.28. The second kappa shape index (κ2) is 5.46. The van der Waals surface area contributed by atoms with Crippen molar-refractivity contribution in [2.24, 2.45) is 0 Å². The maximum atomic E-state index is 12.4. The molecule has 3 heterocycles. The van der Waals surface area contributed by atoms with Crippen molar-refractivity contribution in [3.63, 3.8) is 0 Å². The van der Waals surface area contributed by atoms with Crippen LogP contribution in [0.1, 0.15) is 12.0 Å². The van der Waals surface area contributed by atoms with Gasteiger partial charge in [-0.15, -0.1) is 0 Å². The first-order valence-electron chi connectivity index (χ1n) is 7.81. The average Bonchev–Trinajstić information content (AvgIpc) is 3.21. The Hall–Kier alpha value is -2.76. The van der Waals surface area contributed by atoms with Crippen molar-refractivity contribution in [1.82, 2.24) is 20.5 Å². The Bertz CT molecular complexity index is 808. The second-order valence-electron chi connectivity index (χ2n) is 5.92. The lowest BCUT2D eigenvalue weighted by Crippen LogP contribution is -2.47. The fourth-order valence-electron chi connectivity index (χ4n) is 3.28. The van der Waals surface area contributed by atoms with Gasteiger partial charge >= 0.3 is 6.03 Å². The van der Waals surface area contributed by atoms with E-state index < -0.39 is 6.04 Å². The summed E-state index contributed by atoms with van der Waals surface area (Å²) in [4.78, 5) is 28.6. The Morgan fingerprint density at radius 3 is 2.87 bits per heavy atom. The molecule has 1 saturated heterocycles. The summed E-state index contributed by atoms with van der Waals surface area (Å²) in [5.41, 5.74) is 3.60. The Balaban J connectivity index is 1.51. The predicted molar refractivity (Wildman–Crippen MR) is 87.8 cm³/mol. The van der Waals surface area contributed by atoms with Crippen molar-refractivity contribution in [1.29, 1.82) is 0 Å². The van der Waals surface area contributed by atoms with Crippen LogP contribution in [0.4, 0.5) is 4.79 Å². The zero-order valence-corrected chi connectivity index (χ0v) is 12.6. The molecule has 3 amide bonds. The minimum atomic E-state index is -0.439. The number of carbonyl (C=O) groups is 2. The summed E-state index contributed by atoms with van der Waals surface area (Å²) in [7, 11) is 0. The highest BCUT2D eigenvalue weighted by molar-refractivity contribution is 5.94. The van der Waals surface area contributed by atoms with Gasteiger partial charge in [-0.2, -0.15) is 0 Å². The van der Waals surface area contributed by atoms with Crippen LogP contribution in [0.5, 0.6) is 0 Å². The maximum absolute atomic E-state index is 12.4. The van der Waals surface area contributed by atoms with Crippen LogP contribution < -0.4 is 10.6 Å². The lowest BCUT2D eigenvalue weighted by atomic mass is 9.98. The highest BCUT2D eigenvalue weighted by Crippen LogP contribution is 2.29. The molecule has 1 aromatic heterocycles. The lowest BCUT2D eigenvalue weighted by molar-refractivity contribution is -0.132. The first-order chi connectivity index (χ1) is 11.2. The average molecular weight is 310 g/mol. The molecule has 2 aromatic rings. The first-order valence-corrected chi connectivity index (χ1v) is 7.81. The quantitative estimate of drug-likeness (QED) is 0.785. The number of carbonyl (C=O) groups excluding carboxylic acids is 2. The van der Waals surface area contributed by atoms with Gasteiger partial charge in [-0.1, -0.05) is 24.3 Å². The molecule has 118 valence electrons. The van der Waals surface area contributed by atoms with Crippen LogP contribution in [0.15, 0.2) is 36.5 Å². The van der Waals surface area contributed by atoms with Crippen LogP contribution >= 0.6 is 0 Å². The molecule has 6 nitrogen and oxygen atoms in total. The number of para-hydroxylation sites is 1. The van der Waals surface area contributed by atoms with E-state index >= 15 is 0 Å². The minimum absolute atomic E-state index is 0.0161. The van der Waals surface area contributed by atoms with E-state index in [2.05, 4.69) is 33.8 Å². The summed E-state index contributed by atoms with van der Waals surface area (Å²) in [6.07, 6.45) is 4.97. The van der Waals surface area contributed by atoms with Crippen LogP contribution in [0.3, 0.4) is 0 Å². The third kappa shape index (κ3) is 2.46. The van der Waals surface area contributed by atoms with Gasteiger partial charge in [0.2, 0.25) is 5.91 Å². The number of benzene rings is 1. The van der Waals surface area contributed by atoms with Crippen LogP contribution in [0.25, 0.3) is 16.5 Å². The zero-order chi connectivity index (χ0) is 15.8. The number of nitrogens with one attached hydrogen (secondary N) is 3. The standard InChI is InChI=1S/C17H18N4O2/c22-16(15-10-19-17(23)20-15)21-7-5-11(6-8-21)13-9-18-14-4-2-1-3-12(13)14/h1-5,9,15,18H,6-8,10H2,(H2,19,20,23)/t15-/m0/s1. The Kier molecular flexibility index (Phi) is 3.29. The fraction of sp³-hybridized carbons (Fsp3) is 0.294. The van der Waals surface area contributed by atoms with E-state index in [1.165, 1.54) is 16.5 Å². The number of amides is 3. The van der Waals surface area contributed by atoms with Crippen molar-refractivity contribution < 1.29 is 9.59 Å². The zero-order valence-electron chi connectivity index (χ0n) is 12.6. The summed E-state index contributed by atoms with van der Waals surface area (Å²) in [5.74, 6) is -0.0161. The summed E-state index contributed by atoms with van der Waals surface area (Å²) in [5, 5.41) is 6.48. The molecule has 23 heavy (non-hydrogen) atoms. The van der Waals surface area contributed by atoms with Gasteiger partial charge in [-0.05, 0) is 18.1 Å². The van der Waals surface area contributed by atoms with Gasteiger partial charge < -0.3 is 20.5 Å². The SMILES string of the molecule is O=C1NC[C@@H](C(=O)N2CC=C(c3c[nH]c4ccccc34)CC2)N1. The third-order valence-electron chi connectivity index (χ3n) is 4.53. The molecule has 1 fully saturated rings. The molecular weight excluding hydrogens is 292 g/mol. The van der Waals surface area contributed by atoms with Gasteiger partial charge in [0, 0.05) is 42.3 Å². The van der Waals surface area contributed by atoms with Gasteiger partial charge in [0.05, 0.1) is 0 Å². The molecule has 0 bridgehead atoms. The third-order valence-corrected chi connectivity index (χ3v) is 4.53. The van der Waals surface area contributed by atoms with Crippen molar-refractivity contribution in [2.75, 3.05) is 19.6 Å². The van der Waals surface area contributed by atoms with Crippen molar-refractivity contribution >= 4 is 28.4 Å². The normalized spacial score (nSPS) is 21.0. The Labute approximate surface area is 133 Å². The maximum Gasteiger partial charge on any atom is 0.315 e. The van der Waals surface area contributed by atoms with E-state index in [1.54, 1.807) is 4.90 Å². The van der Waals surface area contributed by atoms with Crippen LogP contribution in [0.2, 0.25) is 0 Å². The van der Waals surface area contributed by atoms with Crippen molar-refractivity contribution in [3.8, 4) is 0 Å². The highest BCUT2D eigenvalue weighted by atomic mass is 16.2. The summed E-state index contributed by atoms with van der Waals surface area (Å²) >= 11 is 0. The minimum Gasteiger partial charge on any atom is -0.361 e. The summed E-state index contributed by atoms with van der Waals surface area (Å²) in [6, 6.07) is 7.52. The Morgan fingerprint density at radius 1 is 1.26 bits per heavy atom. The number of rotatable bonds is 2. The Morgan fingerprint density at radius 2 is 2.13 bits per heavy atom. The van der Waals surface area contributed by atoms with Crippen molar-refractivity contribution in [3.05, 3.63) is 42.1 Å². The van der Waals surface area contributed by atoms with Crippen LogP contribution in [0, 0.1) is 0 Å². The van der Waals surface area contributed by atoms with E-state index in [4.69, 9.17) is 0 Å². The van der Waals surface area contributed by atoms with Gasteiger partial charge in [-0.3, -0.25) is 4.79 Å². The molecule has 0 saturated carbocycles.